The van der Waals surface area contributed by atoms with Crippen molar-refractivity contribution in [1.29, 1.82) is 0 Å². The maximum absolute atomic E-state index is 11.8. The fraction of sp³-hybridized carbons (Fsp3) is 0.412. The molecule has 0 radical (unpaired) electrons. The summed E-state index contributed by atoms with van der Waals surface area (Å²) in [4.78, 5) is 18.4. The van der Waals surface area contributed by atoms with Crippen molar-refractivity contribution in [3.8, 4) is 10.6 Å². The van der Waals surface area contributed by atoms with Gasteiger partial charge in [-0.15, -0.1) is 11.3 Å². The molecule has 0 aliphatic carbocycles. The monoisotopic (exact) mass is 332 g/mol. The van der Waals surface area contributed by atoms with Crippen LogP contribution in [0.25, 0.3) is 10.6 Å². The number of aliphatic hydroxyl groups is 1. The van der Waals surface area contributed by atoms with Gasteiger partial charge < -0.3 is 9.84 Å². The highest BCUT2D eigenvalue weighted by Crippen LogP contribution is 2.27. The van der Waals surface area contributed by atoms with Gasteiger partial charge in [-0.3, -0.25) is 9.69 Å². The van der Waals surface area contributed by atoms with Gasteiger partial charge in [-0.25, -0.2) is 4.98 Å². The van der Waals surface area contributed by atoms with Crippen molar-refractivity contribution in [2.75, 3.05) is 13.7 Å². The van der Waals surface area contributed by atoms with E-state index in [4.69, 9.17) is 4.74 Å². The van der Waals surface area contributed by atoms with Gasteiger partial charge in [-0.05, 0) is 6.92 Å². The number of aliphatic hydroxyl groups excluding tert-OH is 1. The van der Waals surface area contributed by atoms with Crippen molar-refractivity contribution < 1.29 is 14.6 Å². The van der Waals surface area contributed by atoms with E-state index in [0.29, 0.717) is 19.5 Å². The normalized spacial score (nSPS) is 21.5. The highest BCUT2D eigenvalue weighted by atomic mass is 32.1. The first-order valence-corrected chi connectivity index (χ1v) is 8.46. The molecule has 0 saturated carbocycles. The lowest BCUT2D eigenvalue weighted by atomic mass is 10.2. The van der Waals surface area contributed by atoms with Gasteiger partial charge in [-0.1, -0.05) is 29.8 Å². The third-order valence-electron chi connectivity index (χ3n) is 4.07. The van der Waals surface area contributed by atoms with E-state index in [-0.39, 0.29) is 12.0 Å². The lowest BCUT2D eigenvalue weighted by Crippen LogP contribution is -2.36. The number of likely N-dealkylation sites (tertiary alicyclic amines) is 1. The molecule has 5 nitrogen and oxygen atoms in total. The standard InChI is InChI=1S/C17H20N2O3S/c1-11-3-5-12(6-4-11)16-18-13(10-23-16)8-19-9-14(20)7-15(19)17(21)22-2/h3-6,10,14-15,20H,7-9H2,1-2H3/t14-,15+/m1/s1. The van der Waals surface area contributed by atoms with Gasteiger partial charge in [0, 0.05) is 30.5 Å². The van der Waals surface area contributed by atoms with Crippen LogP contribution in [0.4, 0.5) is 0 Å². The first-order chi connectivity index (χ1) is 11.1. The van der Waals surface area contributed by atoms with Crippen molar-refractivity contribution in [1.82, 2.24) is 9.88 Å². The average Bonchev–Trinajstić information content (AvgIpc) is 3.14. The second-order valence-electron chi connectivity index (χ2n) is 5.87. The first-order valence-electron chi connectivity index (χ1n) is 7.58. The van der Waals surface area contributed by atoms with Gasteiger partial charge in [0.05, 0.1) is 18.9 Å². The number of carbonyl (C=O) groups excluding carboxylic acids is 1. The zero-order valence-corrected chi connectivity index (χ0v) is 14.0. The third kappa shape index (κ3) is 3.60. The summed E-state index contributed by atoms with van der Waals surface area (Å²) in [5.74, 6) is -0.296. The van der Waals surface area contributed by atoms with Gasteiger partial charge in [0.2, 0.25) is 0 Å². The minimum absolute atomic E-state index is 0.296. The zero-order valence-electron chi connectivity index (χ0n) is 13.2. The summed E-state index contributed by atoms with van der Waals surface area (Å²) in [6.45, 7) is 3.07. The molecule has 1 N–H and O–H groups in total. The number of benzene rings is 1. The summed E-state index contributed by atoms with van der Waals surface area (Å²) in [5, 5.41) is 12.8. The summed E-state index contributed by atoms with van der Waals surface area (Å²) in [7, 11) is 1.38. The van der Waals surface area contributed by atoms with E-state index in [1.807, 2.05) is 10.3 Å². The van der Waals surface area contributed by atoms with E-state index < -0.39 is 6.10 Å². The molecule has 1 aliphatic rings. The van der Waals surface area contributed by atoms with Crippen molar-refractivity contribution in [2.45, 2.75) is 32.0 Å². The number of carbonyl (C=O) groups is 1. The molecule has 1 fully saturated rings. The van der Waals surface area contributed by atoms with Crippen LogP contribution in [0.5, 0.6) is 0 Å². The summed E-state index contributed by atoms with van der Waals surface area (Å²) in [5.41, 5.74) is 3.23. The molecule has 1 saturated heterocycles. The number of aryl methyl sites for hydroxylation is 1. The number of ether oxygens (including phenoxy) is 1. The van der Waals surface area contributed by atoms with Crippen molar-refractivity contribution >= 4 is 17.3 Å². The van der Waals surface area contributed by atoms with Crippen molar-refractivity contribution in [3.05, 3.63) is 40.9 Å². The van der Waals surface area contributed by atoms with E-state index in [9.17, 15) is 9.90 Å². The largest absolute Gasteiger partial charge is 0.468 e. The molecule has 1 aliphatic heterocycles. The average molecular weight is 332 g/mol. The van der Waals surface area contributed by atoms with Gasteiger partial charge in [0.25, 0.3) is 0 Å². The Morgan fingerprint density at radius 2 is 2.17 bits per heavy atom. The Morgan fingerprint density at radius 3 is 2.87 bits per heavy atom. The number of β-amino-alcohol motifs (C(OH)–C–C–N with tert-alkyl or cyclic N) is 1. The van der Waals surface area contributed by atoms with Crippen LogP contribution in [0.15, 0.2) is 29.6 Å². The number of nitrogens with zero attached hydrogens (tertiary/aromatic N) is 2. The Bertz CT molecular complexity index is 683. The topological polar surface area (TPSA) is 62.7 Å². The maximum atomic E-state index is 11.8. The summed E-state index contributed by atoms with van der Waals surface area (Å²) >= 11 is 1.59. The van der Waals surface area contributed by atoms with Crippen molar-refractivity contribution in [2.24, 2.45) is 0 Å². The molecule has 6 heteroatoms. The van der Waals surface area contributed by atoms with Gasteiger partial charge in [-0.2, -0.15) is 0 Å². The van der Waals surface area contributed by atoms with Gasteiger partial charge >= 0.3 is 5.97 Å². The molecule has 3 rings (SSSR count). The third-order valence-corrected chi connectivity index (χ3v) is 5.01. The molecule has 0 amide bonds. The van der Waals surface area contributed by atoms with E-state index in [0.717, 1.165) is 16.3 Å². The number of thiazole rings is 1. The Morgan fingerprint density at radius 1 is 1.43 bits per heavy atom. The molecule has 2 atom stereocenters. The zero-order chi connectivity index (χ0) is 16.4. The highest BCUT2D eigenvalue weighted by molar-refractivity contribution is 7.13. The van der Waals surface area contributed by atoms with Crippen LogP contribution in [0.2, 0.25) is 0 Å². The number of aromatic nitrogens is 1. The molecule has 0 spiro atoms. The summed E-state index contributed by atoms with van der Waals surface area (Å²) < 4.78 is 4.83. The van der Waals surface area contributed by atoms with Crippen LogP contribution in [-0.2, 0) is 16.1 Å². The Kier molecular flexibility index (Phi) is 4.75. The molecule has 2 heterocycles. The van der Waals surface area contributed by atoms with Crippen LogP contribution in [0.1, 0.15) is 17.7 Å². The van der Waals surface area contributed by atoms with E-state index in [2.05, 4.69) is 36.2 Å². The number of rotatable bonds is 4. The maximum Gasteiger partial charge on any atom is 0.323 e. The lowest BCUT2D eigenvalue weighted by Gasteiger charge is -2.20. The second kappa shape index (κ2) is 6.78. The minimum atomic E-state index is -0.491. The van der Waals surface area contributed by atoms with Crippen LogP contribution >= 0.6 is 11.3 Å². The first kappa shape index (κ1) is 16.1. The highest BCUT2D eigenvalue weighted by Gasteiger charge is 2.36. The number of esters is 1. The Balaban J connectivity index is 1.73. The predicted octanol–water partition coefficient (Wildman–Crippen LogP) is 2.23. The molecule has 2 aromatic rings. The summed E-state index contributed by atoms with van der Waals surface area (Å²) in [6, 6.07) is 7.88. The quantitative estimate of drug-likeness (QED) is 0.870. The van der Waals surface area contributed by atoms with E-state index in [1.54, 1.807) is 11.3 Å². The van der Waals surface area contributed by atoms with Crippen LogP contribution in [0, 0.1) is 6.92 Å². The predicted molar refractivity (Wildman–Crippen MR) is 89.1 cm³/mol. The number of hydrogen-bond donors (Lipinski definition) is 1. The van der Waals surface area contributed by atoms with Crippen LogP contribution in [-0.4, -0.2) is 46.8 Å². The SMILES string of the molecule is COC(=O)[C@@H]1C[C@@H](O)CN1Cc1csc(-c2ccc(C)cc2)n1. The Hall–Kier alpha value is -1.76. The van der Waals surface area contributed by atoms with E-state index >= 15 is 0 Å². The molecule has 0 unspecified atom stereocenters. The minimum Gasteiger partial charge on any atom is -0.468 e. The molecule has 122 valence electrons. The van der Waals surface area contributed by atoms with Crippen molar-refractivity contribution in [3.63, 3.8) is 0 Å². The molecule has 23 heavy (non-hydrogen) atoms. The molecule has 1 aromatic carbocycles. The van der Waals surface area contributed by atoms with E-state index in [1.165, 1.54) is 12.7 Å². The number of methoxy groups -OCH3 is 1. The lowest BCUT2D eigenvalue weighted by molar-refractivity contribution is -0.146. The van der Waals surface area contributed by atoms with Gasteiger partial charge in [0.15, 0.2) is 0 Å². The molecule has 0 bridgehead atoms. The smallest absolute Gasteiger partial charge is 0.323 e. The molecular weight excluding hydrogens is 312 g/mol. The number of hydrogen-bond acceptors (Lipinski definition) is 6. The fourth-order valence-electron chi connectivity index (χ4n) is 2.85. The summed E-state index contributed by atoms with van der Waals surface area (Å²) in [6.07, 6.45) is -0.0731. The molecule has 1 aromatic heterocycles. The van der Waals surface area contributed by atoms with Gasteiger partial charge in [0.1, 0.15) is 11.0 Å². The fourth-order valence-corrected chi connectivity index (χ4v) is 3.67. The van der Waals surface area contributed by atoms with Crippen LogP contribution in [0.3, 0.4) is 0 Å². The molecular formula is C17H20N2O3S. The Labute approximate surface area is 139 Å². The van der Waals surface area contributed by atoms with Crippen LogP contribution < -0.4 is 0 Å². The second-order valence-corrected chi connectivity index (χ2v) is 6.73.